The Morgan fingerprint density at radius 3 is 2.86 bits per heavy atom. The lowest BCUT2D eigenvalue weighted by molar-refractivity contribution is -0.140. The second-order valence-electron chi connectivity index (χ2n) is 6.73. The maximum atomic E-state index is 12.6. The molecule has 0 spiro atoms. The van der Waals surface area contributed by atoms with Crippen LogP contribution in [-0.2, 0) is 14.8 Å². The van der Waals surface area contributed by atoms with Crippen molar-refractivity contribution >= 4 is 21.8 Å². The van der Waals surface area contributed by atoms with Crippen molar-refractivity contribution in [2.45, 2.75) is 17.7 Å². The number of esters is 1. The van der Waals surface area contributed by atoms with E-state index in [1.807, 2.05) is 11.0 Å². The highest BCUT2D eigenvalue weighted by Gasteiger charge is 2.35. The first-order chi connectivity index (χ1) is 13.5. The molecular formula is C20H17N3O4S. The van der Waals surface area contributed by atoms with Crippen molar-refractivity contribution in [1.82, 2.24) is 4.90 Å². The Kier molecular flexibility index (Phi) is 4.61. The molecule has 8 heteroatoms. The van der Waals surface area contributed by atoms with Crippen LogP contribution >= 0.6 is 0 Å². The molecule has 0 aromatic heterocycles. The van der Waals surface area contributed by atoms with Gasteiger partial charge in [0.2, 0.25) is 0 Å². The summed E-state index contributed by atoms with van der Waals surface area (Å²) in [5, 5.41) is 8.96. The summed E-state index contributed by atoms with van der Waals surface area (Å²) >= 11 is 0. The Bertz CT molecular complexity index is 1120. The molecule has 1 fully saturated rings. The van der Waals surface area contributed by atoms with E-state index in [9.17, 15) is 13.2 Å². The number of hydrogen-bond donors (Lipinski definition) is 0. The van der Waals surface area contributed by atoms with E-state index < -0.39 is 21.9 Å². The molecule has 0 unspecified atom stereocenters. The molecule has 1 atom stereocenters. The fourth-order valence-electron chi connectivity index (χ4n) is 3.51. The van der Waals surface area contributed by atoms with Crippen molar-refractivity contribution in [1.29, 1.82) is 5.26 Å². The molecule has 0 amide bonds. The van der Waals surface area contributed by atoms with Gasteiger partial charge < -0.3 is 9.64 Å². The number of carbonyl (C=O) groups is 1. The van der Waals surface area contributed by atoms with Gasteiger partial charge >= 0.3 is 5.97 Å². The van der Waals surface area contributed by atoms with Crippen LogP contribution < -0.4 is 4.74 Å². The van der Waals surface area contributed by atoms with Crippen LogP contribution in [0.2, 0.25) is 0 Å². The first-order valence-corrected chi connectivity index (χ1v) is 10.3. The van der Waals surface area contributed by atoms with Crippen LogP contribution in [0.5, 0.6) is 5.75 Å². The van der Waals surface area contributed by atoms with Crippen LogP contribution in [-0.4, -0.2) is 38.2 Å². The summed E-state index contributed by atoms with van der Waals surface area (Å²) in [6.07, 6.45) is 1.37. The Balaban J connectivity index is 1.52. The lowest BCUT2D eigenvalue weighted by atomic mass is 9.97. The molecule has 28 heavy (non-hydrogen) atoms. The molecule has 4 rings (SSSR count). The largest absolute Gasteiger partial charge is 0.426 e. The van der Waals surface area contributed by atoms with Gasteiger partial charge in [0.1, 0.15) is 10.6 Å². The molecule has 0 bridgehead atoms. The van der Waals surface area contributed by atoms with Crippen LogP contribution in [0.25, 0.3) is 0 Å². The number of benzene rings is 2. The van der Waals surface area contributed by atoms with Gasteiger partial charge in [-0.05, 0) is 43.2 Å². The molecule has 0 aliphatic carbocycles. The summed E-state index contributed by atoms with van der Waals surface area (Å²) in [7, 11) is -3.70. The van der Waals surface area contributed by atoms with E-state index >= 15 is 0 Å². The Labute approximate surface area is 162 Å². The third-order valence-electron chi connectivity index (χ3n) is 4.85. The zero-order chi connectivity index (χ0) is 19.7. The fourth-order valence-corrected chi connectivity index (χ4v) is 4.73. The lowest BCUT2D eigenvalue weighted by Crippen LogP contribution is -2.43. The molecule has 2 aliphatic heterocycles. The normalized spacial score (nSPS) is 20.0. The van der Waals surface area contributed by atoms with Crippen molar-refractivity contribution in [2.75, 3.05) is 13.1 Å². The summed E-state index contributed by atoms with van der Waals surface area (Å²) in [6, 6.07) is 15.2. The zero-order valence-electron chi connectivity index (χ0n) is 14.9. The molecule has 2 aromatic carbocycles. The molecule has 2 aromatic rings. The monoisotopic (exact) mass is 395 g/mol. The SMILES string of the molecule is N#Cc1cccc(OC(=O)[C@H]2CCCN(C3=NS(=O)(=O)c4ccccc43)C2)c1. The second-order valence-corrected chi connectivity index (χ2v) is 8.30. The molecule has 142 valence electrons. The van der Waals surface area contributed by atoms with Gasteiger partial charge in [0.15, 0.2) is 5.84 Å². The highest BCUT2D eigenvalue weighted by atomic mass is 32.2. The van der Waals surface area contributed by atoms with Gasteiger partial charge in [-0.15, -0.1) is 4.40 Å². The molecular weight excluding hydrogens is 378 g/mol. The molecule has 0 saturated carbocycles. The van der Waals surface area contributed by atoms with Gasteiger partial charge in [0.25, 0.3) is 10.0 Å². The Hall–Kier alpha value is -3.18. The first-order valence-electron chi connectivity index (χ1n) is 8.89. The van der Waals surface area contributed by atoms with Crippen LogP contribution in [0, 0.1) is 17.2 Å². The summed E-state index contributed by atoms with van der Waals surface area (Å²) in [5.41, 5.74) is 0.982. The van der Waals surface area contributed by atoms with Crippen LogP contribution in [0.1, 0.15) is 24.0 Å². The Morgan fingerprint density at radius 2 is 2.04 bits per heavy atom. The summed E-state index contributed by atoms with van der Waals surface area (Å²) < 4.78 is 34.0. The maximum Gasteiger partial charge on any atom is 0.316 e. The van der Waals surface area contributed by atoms with Crippen LogP contribution in [0.15, 0.2) is 57.8 Å². The van der Waals surface area contributed by atoms with Crippen molar-refractivity contribution in [2.24, 2.45) is 10.3 Å². The van der Waals surface area contributed by atoms with Gasteiger partial charge in [-0.3, -0.25) is 4.79 Å². The lowest BCUT2D eigenvalue weighted by Gasteiger charge is -2.32. The number of likely N-dealkylation sites (tertiary alicyclic amines) is 1. The number of carbonyl (C=O) groups excluding carboxylic acids is 1. The van der Waals surface area contributed by atoms with Gasteiger partial charge in [0, 0.05) is 18.7 Å². The van der Waals surface area contributed by atoms with E-state index in [1.165, 1.54) is 6.07 Å². The molecule has 1 saturated heterocycles. The number of hydrogen-bond acceptors (Lipinski definition) is 6. The Morgan fingerprint density at radius 1 is 1.21 bits per heavy atom. The molecule has 0 N–H and O–H groups in total. The minimum absolute atomic E-state index is 0.197. The molecule has 7 nitrogen and oxygen atoms in total. The average Bonchev–Trinajstić information content (AvgIpc) is 2.99. The van der Waals surface area contributed by atoms with Crippen LogP contribution in [0.3, 0.4) is 0 Å². The van der Waals surface area contributed by atoms with Crippen molar-refractivity contribution in [3.05, 3.63) is 59.7 Å². The summed E-state index contributed by atoms with van der Waals surface area (Å²) in [6.45, 7) is 0.954. The average molecular weight is 395 g/mol. The maximum absolute atomic E-state index is 12.6. The second kappa shape index (κ2) is 7.09. The fraction of sp³-hybridized carbons (Fsp3) is 0.250. The van der Waals surface area contributed by atoms with Gasteiger partial charge in [-0.1, -0.05) is 18.2 Å². The van der Waals surface area contributed by atoms with E-state index in [4.69, 9.17) is 10.00 Å². The quantitative estimate of drug-likeness (QED) is 0.571. The van der Waals surface area contributed by atoms with Crippen molar-refractivity contribution < 1.29 is 17.9 Å². The minimum atomic E-state index is -3.70. The number of nitriles is 1. The van der Waals surface area contributed by atoms with E-state index in [0.717, 1.165) is 6.42 Å². The number of sulfonamides is 1. The summed E-state index contributed by atoms with van der Waals surface area (Å²) in [4.78, 5) is 14.6. The van der Waals surface area contributed by atoms with Gasteiger partial charge in [0.05, 0.1) is 17.6 Å². The van der Waals surface area contributed by atoms with E-state index in [-0.39, 0.29) is 4.90 Å². The first kappa shape index (κ1) is 18.2. The third kappa shape index (κ3) is 3.37. The number of nitrogens with zero attached hydrogens (tertiary/aromatic N) is 3. The number of ether oxygens (including phenoxy) is 1. The minimum Gasteiger partial charge on any atom is -0.426 e. The van der Waals surface area contributed by atoms with Gasteiger partial charge in [-0.2, -0.15) is 13.7 Å². The smallest absolute Gasteiger partial charge is 0.316 e. The highest BCUT2D eigenvalue weighted by Crippen LogP contribution is 2.30. The number of fused-ring (bicyclic) bond motifs is 1. The van der Waals surface area contributed by atoms with Crippen LogP contribution in [0.4, 0.5) is 0 Å². The zero-order valence-corrected chi connectivity index (χ0v) is 15.7. The van der Waals surface area contributed by atoms with Crippen molar-refractivity contribution in [3.8, 4) is 11.8 Å². The standard InChI is InChI=1S/C20H17N3O4S/c21-12-14-5-3-7-16(11-14)27-20(24)15-6-4-10-23(13-15)19-17-8-1-2-9-18(17)28(25,26)22-19/h1-3,5,7-9,11,15H,4,6,10,13H2/t15-/m0/s1. The topological polar surface area (TPSA) is 99.8 Å². The molecule has 2 aliphatic rings. The highest BCUT2D eigenvalue weighted by molar-refractivity contribution is 7.90. The molecule has 0 radical (unpaired) electrons. The number of piperidine rings is 1. The number of rotatable bonds is 2. The van der Waals surface area contributed by atoms with Crippen molar-refractivity contribution in [3.63, 3.8) is 0 Å². The predicted molar refractivity (Wildman–Crippen MR) is 101 cm³/mol. The van der Waals surface area contributed by atoms with E-state index in [0.29, 0.717) is 42.2 Å². The third-order valence-corrected chi connectivity index (χ3v) is 6.17. The number of amidine groups is 1. The van der Waals surface area contributed by atoms with Gasteiger partial charge in [-0.25, -0.2) is 0 Å². The predicted octanol–water partition coefficient (Wildman–Crippen LogP) is 2.32. The summed E-state index contributed by atoms with van der Waals surface area (Å²) in [5.74, 6) is -0.0842. The van der Waals surface area contributed by atoms with E-state index in [1.54, 1.807) is 42.5 Å². The molecule has 2 heterocycles. The van der Waals surface area contributed by atoms with E-state index in [2.05, 4.69) is 4.40 Å².